The van der Waals surface area contributed by atoms with Crippen molar-refractivity contribution in [2.24, 2.45) is 0 Å². The van der Waals surface area contributed by atoms with Crippen molar-refractivity contribution >= 4 is 0 Å². The van der Waals surface area contributed by atoms with E-state index in [1.54, 1.807) is 0 Å². The van der Waals surface area contributed by atoms with Crippen LogP contribution in [0.3, 0.4) is 0 Å². The van der Waals surface area contributed by atoms with E-state index in [1.807, 2.05) is 36.4 Å². The van der Waals surface area contributed by atoms with Crippen LogP contribution in [0, 0.1) is 0 Å². The molecule has 2 nitrogen and oxygen atoms in total. The van der Waals surface area contributed by atoms with Crippen LogP contribution in [0.15, 0.2) is 73.2 Å². The summed E-state index contributed by atoms with van der Waals surface area (Å²) in [5.41, 5.74) is 2.14. The Balaban J connectivity index is 2.09. The zero-order chi connectivity index (χ0) is 13.1. The van der Waals surface area contributed by atoms with Crippen molar-refractivity contribution in [3.8, 4) is 0 Å². The topological polar surface area (TPSA) is 18.5 Å². The summed E-state index contributed by atoms with van der Waals surface area (Å²) in [5.74, 6) is 0.405. The summed E-state index contributed by atoms with van der Waals surface area (Å²) in [7, 11) is 0. The number of rotatable bonds is 2. The Labute approximate surface area is 113 Å². The van der Waals surface area contributed by atoms with Gasteiger partial charge in [0, 0.05) is 0 Å². The van der Waals surface area contributed by atoms with E-state index in [4.69, 9.17) is 9.47 Å². The summed E-state index contributed by atoms with van der Waals surface area (Å²) in [5, 5.41) is 0. The Morgan fingerprint density at radius 1 is 0.737 bits per heavy atom. The Morgan fingerprint density at radius 3 is 1.58 bits per heavy atom. The molecule has 0 aromatic heterocycles. The lowest BCUT2D eigenvalue weighted by molar-refractivity contribution is -0.0523. The van der Waals surface area contributed by atoms with Gasteiger partial charge in [-0.15, -0.1) is 0 Å². The molecule has 0 N–H and O–H groups in total. The standard InChI is InChI=1S/C17H16O2/c1-14-18-12-17(13-19-14,15-8-4-2-5-9-15)16-10-6-3-7-11-16/h2-11H,1,12-13H2. The molecule has 1 fully saturated rings. The molecule has 0 bridgehead atoms. The monoisotopic (exact) mass is 252 g/mol. The van der Waals surface area contributed by atoms with Gasteiger partial charge in [-0.1, -0.05) is 60.7 Å². The molecule has 0 atom stereocenters. The molecule has 2 aromatic carbocycles. The minimum Gasteiger partial charge on any atom is -0.464 e. The van der Waals surface area contributed by atoms with E-state index in [1.165, 1.54) is 11.1 Å². The molecule has 1 saturated heterocycles. The van der Waals surface area contributed by atoms with Crippen LogP contribution in [0.4, 0.5) is 0 Å². The largest absolute Gasteiger partial charge is 0.464 e. The van der Waals surface area contributed by atoms with Crippen LogP contribution >= 0.6 is 0 Å². The minimum atomic E-state index is -0.260. The summed E-state index contributed by atoms with van der Waals surface area (Å²) in [6.45, 7) is 4.83. The third kappa shape index (κ3) is 2.10. The maximum Gasteiger partial charge on any atom is 0.271 e. The smallest absolute Gasteiger partial charge is 0.271 e. The van der Waals surface area contributed by atoms with Gasteiger partial charge >= 0.3 is 0 Å². The van der Waals surface area contributed by atoms with Crippen molar-refractivity contribution in [2.45, 2.75) is 5.41 Å². The van der Waals surface area contributed by atoms with Gasteiger partial charge in [-0.25, -0.2) is 0 Å². The first-order valence-electron chi connectivity index (χ1n) is 6.37. The molecule has 1 aliphatic rings. The molecule has 2 heteroatoms. The molecule has 0 saturated carbocycles. The summed E-state index contributed by atoms with van der Waals surface area (Å²) in [6.07, 6.45) is 0. The number of ether oxygens (including phenoxy) is 2. The lowest BCUT2D eigenvalue weighted by Gasteiger charge is -2.38. The summed E-state index contributed by atoms with van der Waals surface area (Å²) >= 11 is 0. The number of hydrogen-bond acceptors (Lipinski definition) is 2. The summed E-state index contributed by atoms with van der Waals surface area (Å²) in [4.78, 5) is 0. The molecular formula is C17H16O2. The molecule has 0 amide bonds. The van der Waals surface area contributed by atoms with Crippen molar-refractivity contribution in [2.75, 3.05) is 13.2 Å². The van der Waals surface area contributed by atoms with Gasteiger partial charge in [-0.2, -0.15) is 0 Å². The first-order valence-corrected chi connectivity index (χ1v) is 6.37. The Kier molecular flexibility index (Phi) is 3.00. The van der Waals surface area contributed by atoms with E-state index in [-0.39, 0.29) is 5.41 Å². The van der Waals surface area contributed by atoms with Crippen LogP contribution in [0.25, 0.3) is 0 Å². The first-order chi connectivity index (χ1) is 9.31. The third-order valence-electron chi connectivity index (χ3n) is 3.61. The van der Waals surface area contributed by atoms with Crippen LogP contribution in [-0.2, 0) is 14.9 Å². The van der Waals surface area contributed by atoms with Crippen LogP contribution < -0.4 is 0 Å². The fourth-order valence-corrected chi connectivity index (χ4v) is 2.51. The summed E-state index contributed by atoms with van der Waals surface area (Å²) in [6, 6.07) is 20.7. The molecule has 19 heavy (non-hydrogen) atoms. The molecule has 1 heterocycles. The van der Waals surface area contributed by atoms with Crippen molar-refractivity contribution < 1.29 is 9.47 Å². The van der Waals surface area contributed by atoms with Crippen LogP contribution in [0.1, 0.15) is 11.1 Å². The molecule has 0 unspecified atom stereocenters. The maximum absolute atomic E-state index is 5.59. The molecule has 0 radical (unpaired) electrons. The second kappa shape index (κ2) is 4.81. The SMILES string of the molecule is C=C1OCC(c2ccccc2)(c2ccccc2)CO1. The van der Waals surface area contributed by atoms with Crippen LogP contribution in [0.5, 0.6) is 0 Å². The van der Waals surface area contributed by atoms with E-state index >= 15 is 0 Å². The van der Waals surface area contributed by atoms with Gasteiger partial charge in [0.05, 0.1) is 5.41 Å². The Morgan fingerprint density at radius 2 is 1.16 bits per heavy atom. The van der Waals surface area contributed by atoms with Gasteiger partial charge in [0.1, 0.15) is 13.2 Å². The Hall–Kier alpha value is -2.22. The van der Waals surface area contributed by atoms with Crippen molar-refractivity contribution in [1.82, 2.24) is 0 Å². The quantitative estimate of drug-likeness (QED) is 0.814. The minimum absolute atomic E-state index is 0.260. The van der Waals surface area contributed by atoms with Crippen molar-refractivity contribution in [3.05, 3.63) is 84.3 Å². The fourth-order valence-electron chi connectivity index (χ4n) is 2.51. The second-order valence-corrected chi connectivity index (χ2v) is 4.76. The molecule has 3 rings (SSSR count). The first kappa shape index (κ1) is 11.8. The van der Waals surface area contributed by atoms with Gasteiger partial charge < -0.3 is 9.47 Å². The van der Waals surface area contributed by atoms with E-state index in [0.717, 1.165) is 0 Å². The average Bonchev–Trinajstić information content (AvgIpc) is 2.50. The predicted octanol–water partition coefficient (Wildman–Crippen LogP) is 3.49. The highest BCUT2D eigenvalue weighted by molar-refractivity contribution is 5.40. The summed E-state index contributed by atoms with van der Waals surface area (Å²) < 4.78 is 11.2. The Bertz CT molecular complexity index is 509. The average molecular weight is 252 g/mol. The second-order valence-electron chi connectivity index (χ2n) is 4.76. The fraction of sp³-hybridized carbons (Fsp3) is 0.176. The lowest BCUT2D eigenvalue weighted by Crippen LogP contribution is -2.41. The molecule has 0 aliphatic carbocycles. The van der Waals surface area contributed by atoms with Gasteiger partial charge in [-0.05, 0) is 17.7 Å². The molecule has 0 spiro atoms. The zero-order valence-corrected chi connectivity index (χ0v) is 10.7. The van der Waals surface area contributed by atoms with E-state index < -0.39 is 0 Å². The van der Waals surface area contributed by atoms with Crippen molar-refractivity contribution in [1.29, 1.82) is 0 Å². The highest BCUT2D eigenvalue weighted by Gasteiger charge is 2.39. The lowest BCUT2D eigenvalue weighted by atomic mass is 9.75. The zero-order valence-electron chi connectivity index (χ0n) is 10.7. The maximum atomic E-state index is 5.59. The number of benzene rings is 2. The highest BCUT2D eigenvalue weighted by Crippen LogP contribution is 2.36. The molecule has 2 aromatic rings. The third-order valence-corrected chi connectivity index (χ3v) is 3.61. The van der Waals surface area contributed by atoms with Gasteiger partial charge in [0.2, 0.25) is 0 Å². The van der Waals surface area contributed by atoms with Gasteiger partial charge in [-0.3, -0.25) is 0 Å². The van der Waals surface area contributed by atoms with E-state index in [9.17, 15) is 0 Å². The molecule has 1 aliphatic heterocycles. The predicted molar refractivity (Wildman–Crippen MR) is 74.7 cm³/mol. The van der Waals surface area contributed by atoms with Crippen molar-refractivity contribution in [3.63, 3.8) is 0 Å². The van der Waals surface area contributed by atoms with Crippen LogP contribution in [0.2, 0.25) is 0 Å². The van der Waals surface area contributed by atoms with Gasteiger partial charge in [0.25, 0.3) is 5.95 Å². The van der Waals surface area contributed by atoms with Crippen LogP contribution in [-0.4, -0.2) is 13.2 Å². The van der Waals surface area contributed by atoms with E-state index in [0.29, 0.717) is 19.2 Å². The highest BCUT2D eigenvalue weighted by atomic mass is 16.7. The van der Waals surface area contributed by atoms with E-state index in [2.05, 4.69) is 30.8 Å². The molecule has 96 valence electrons. The molecular weight excluding hydrogens is 236 g/mol. The normalized spacial score (nSPS) is 17.4. The van der Waals surface area contributed by atoms with Gasteiger partial charge in [0.15, 0.2) is 0 Å². The number of hydrogen-bond donors (Lipinski definition) is 0.